The number of benzene rings is 1. The van der Waals surface area contributed by atoms with Crippen LogP contribution in [0.1, 0.15) is 42.7 Å². The van der Waals surface area contributed by atoms with Crippen molar-refractivity contribution in [1.82, 2.24) is 0 Å². The van der Waals surface area contributed by atoms with E-state index in [0.717, 1.165) is 17.2 Å². The molecule has 0 aromatic heterocycles. The van der Waals surface area contributed by atoms with Gasteiger partial charge in [-0.05, 0) is 42.1 Å². The molecule has 1 unspecified atom stereocenters. The average Bonchev–Trinajstić information content (AvgIpc) is 2.70. The van der Waals surface area contributed by atoms with Crippen molar-refractivity contribution in [2.24, 2.45) is 17.0 Å². The van der Waals surface area contributed by atoms with Gasteiger partial charge in [-0.15, -0.1) is 0 Å². The quantitative estimate of drug-likeness (QED) is 0.367. The molecule has 1 fully saturated rings. The number of oxime groups is 1. The monoisotopic (exact) mass is 447 g/mol. The molecule has 4 rings (SSSR count). The van der Waals surface area contributed by atoms with E-state index in [4.69, 9.17) is 14.3 Å². The summed E-state index contributed by atoms with van der Waals surface area (Å²) in [5.41, 5.74) is 2.44. The second-order valence-electron chi connectivity index (χ2n) is 9.56. The van der Waals surface area contributed by atoms with Gasteiger partial charge in [0.05, 0.1) is 30.8 Å². The van der Waals surface area contributed by atoms with Crippen LogP contribution in [0.25, 0.3) is 0 Å². The standard InChI is InChI=1S/C23H33NO6Si/c1-6-9-29-23(27)21-19-16-12-14(25)7-8-15(16)17(13-18(19)24-28-2)20(21)22(26)30-10-11-31(3,4)5/h7-8,12,17,19-21,25H,6,9-11,13H2,1-5H3/b24-18-/t17?,19-,20-,21-/m1/s1. The Morgan fingerprint density at radius 3 is 2.42 bits per heavy atom. The van der Waals surface area contributed by atoms with Gasteiger partial charge in [-0.2, -0.15) is 0 Å². The van der Waals surface area contributed by atoms with E-state index >= 15 is 0 Å². The molecular weight excluding hydrogens is 414 g/mol. The van der Waals surface area contributed by atoms with Crippen LogP contribution in [-0.2, 0) is 23.9 Å². The first kappa shape index (κ1) is 23.3. The maximum atomic E-state index is 13.3. The van der Waals surface area contributed by atoms with Crippen LogP contribution in [0, 0.1) is 11.8 Å². The van der Waals surface area contributed by atoms with Crippen molar-refractivity contribution in [3.05, 3.63) is 29.3 Å². The maximum absolute atomic E-state index is 13.3. The number of aromatic hydroxyl groups is 1. The van der Waals surface area contributed by atoms with Crippen LogP contribution >= 0.6 is 0 Å². The van der Waals surface area contributed by atoms with Crippen LogP contribution < -0.4 is 0 Å². The zero-order valence-corrected chi connectivity index (χ0v) is 20.0. The van der Waals surface area contributed by atoms with Crippen LogP contribution in [0.2, 0.25) is 25.7 Å². The number of phenolic OH excluding ortho intramolecular Hbond substituents is 1. The third-order valence-corrected chi connectivity index (χ3v) is 7.77. The largest absolute Gasteiger partial charge is 0.508 e. The number of phenols is 1. The number of fused-ring (bicyclic) bond motifs is 2. The molecule has 3 aliphatic carbocycles. The van der Waals surface area contributed by atoms with Crippen LogP contribution in [0.4, 0.5) is 0 Å². The molecule has 31 heavy (non-hydrogen) atoms. The van der Waals surface area contributed by atoms with Crippen molar-refractivity contribution in [2.75, 3.05) is 20.3 Å². The van der Waals surface area contributed by atoms with Gasteiger partial charge in [0.2, 0.25) is 0 Å². The summed E-state index contributed by atoms with van der Waals surface area (Å²) in [5, 5.41) is 14.3. The number of carbonyl (C=O) groups is 2. The Hall–Kier alpha value is -2.35. The Morgan fingerprint density at radius 2 is 1.77 bits per heavy atom. The lowest BCUT2D eigenvalue weighted by Gasteiger charge is -2.47. The Kier molecular flexibility index (Phi) is 7.09. The summed E-state index contributed by atoms with van der Waals surface area (Å²) >= 11 is 0. The van der Waals surface area contributed by atoms with Gasteiger partial charge in [0, 0.05) is 19.9 Å². The molecule has 8 heteroatoms. The van der Waals surface area contributed by atoms with Gasteiger partial charge < -0.3 is 19.4 Å². The molecule has 0 aliphatic heterocycles. The summed E-state index contributed by atoms with van der Waals surface area (Å²) in [7, 11) is 0.0990. The maximum Gasteiger partial charge on any atom is 0.310 e. The van der Waals surface area contributed by atoms with Gasteiger partial charge in [0.1, 0.15) is 12.9 Å². The molecule has 7 nitrogen and oxygen atoms in total. The number of ether oxygens (including phenoxy) is 2. The predicted octanol–water partition coefficient (Wildman–Crippen LogP) is 4.05. The van der Waals surface area contributed by atoms with E-state index in [0.29, 0.717) is 25.2 Å². The van der Waals surface area contributed by atoms with Gasteiger partial charge in [-0.3, -0.25) is 9.59 Å². The molecule has 170 valence electrons. The number of carbonyl (C=O) groups excluding carboxylic acids is 2. The minimum atomic E-state index is -1.36. The first-order chi connectivity index (χ1) is 14.7. The third-order valence-electron chi connectivity index (χ3n) is 6.07. The Balaban J connectivity index is 2.00. The molecule has 0 radical (unpaired) electrons. The van der Waals surface area contributed by atoms with E-state index in [-0.39, 0.29) is 24.2 Å². The van der Waals surface area contributed by atoms with Crippen molar-refractivity contribution in [3.63, 3.8) is 0 Å². The molecule has 1 saturated carbocycles. The molecule has 0 saturated heterocycles. The van der Waals surface area contributed by atoms with Crippen molar-refractivity contribution in [2.45, 2.75) is 57.3 Å². The van der Waals surface area contributed by atoms with E-state index < -0.39 is 31.8 Å². The Morgan fingerprint density at radius 1 is 1.10 bits per heavy atom. The van der Waals surface area contributed by atoms with Gasteiger partial charge in [-0.1, -0.05) is 37.8 Å². The first-order valence-corrected chi connectivity index (χ1v) is 14.6. The summed E-state index contributed by atoms with van der Waals surface area (Å²) in [6.45, 7) is 9.25. The number of hydrogen-bond acceptors (Lipinski definition) is 7. The lowest BCUT2D eigenvalue weighted by Crippen LogP contribution is -2.51. The summed E-state index contributed by atoms with van der Waals surface area (Å²) in [6, 6.07) is 5.97. The normalized spacial score (nSPS) is 25.8. The van der Waals surface area contributed by atoms with Crippen molar-refractivity contribution < 1.29 is 29.0 Å². The second-order valence-corrected chi connectivity index (χ2v) is 15.2. The highest BCUT2D eigenvalue weighted by Crippen LogP contribution is 2.55. The van der Waals surface area contributed by atoms with Crippen molar-refractivity contribution >= 4 is 25.7 Å². The molecule has 2 bridgehead atoms. The third kappa shape index (κ3) is 4.94. The van der Waals surface area contributed by atoms with Crippen LogP contribution in [-0.4, -0.2) is 51.2 Å². The van der Waals surface area contributed by atoms with Gasteiger partial charge in [0.15, 0.2) is 0 Å². The highest BCUT2D eigenvalue weighted by Gasteiger charge is 2.57. The van der Waals surface area contributed by atoms with Crippen LogP contribution in [0.3, 0.4) is 0 Å². The van der Waals surface area contributed by atoms with E-state index in [2.05, 4.69) is 24.8 Å². The first-order valence-electron chi connectivity index (χ1n) is 10.9. The van der Waals surface area contributed by atoms with E-state index in [1.165, 1.54) is 7.11 Å². The van der Waals surface area contributed by atoms with Crippen LogP contribution in [0.15, 0.2) is 23.4 Å². The Bertz CT molecular complexity index is 862. The predicted molar refractivity (Wildman–Crippen MR) is 120 cm³/mol. The van der Waals surface area contributed by atoms with E-state index in [9.17, 15) is 14.7 Å². The second kappa shape index (κ2) is 9.42. The smallest absolute Gasteiger partial charge is 0.310 e. The van der Waals surface area contributed by atoms with Crippen molar-refractivity contribution in [1.29, 1.82) is 0 Å². The highest BCUT2D eigenvalue weighted by atomic mass is 28.3. The molecule has 0 spiro atoms. The summed E-state index contributed by atoms with van der Waals surface area (Å²) in [5.74, 6) is -2.86. The molecular formula is C23H33NO6Si. The fourth-order valence-corrected chi connectivity index (χ4v) is 5.36. The van der Waals surface area contributed by atoms with E-state index in [1.807, 2.05) is 13.0 Å². The zero-order valence-electron chi connectivity index (χ0n) is 19.0. The molecule has 3 aliphatic rings. The number of hydrogen-bond donors (Lipinski definition) is 1. The van der Waals surface area contributed by atoms with Gasteiger partial charge in [-0.25, -0.2) is 0 Å². The van der Waals surface area contributed by atoms with Crippen molar-refractivity contribution in [3.8, 4) is 5.75 Å². The fourth-order valence-electron chi connectivity index (χ4n) is 4.65. The van der Waals surface area contributed by atoms with Gasteiger partial charge in [0.25, 0.3) is 0 Å². The number of rotatable bonds is 8. The lowest BCUT2D eigenvalue weighted by atomic mass is 9.55. The number of nitrogens with zero attached hydrogens (tertiary/aromatic N) is 1. The van der Waals surface area contributed by atoms with Crippen LogP contribution in [0.5, 0.6) is 5.75 Å². The molecule has 0 heterocycles. The summed E-state index contributed by atoms with van der Waals surface area (Å²) in [4.78, 5) is 31.5. The Labute approximate surface area is 184 Å². The molecule has 1 aromatic carbocycles. The SMILES string of the molecule is CCCOC(=O)[C@H]1[C@H](C(=O)OCC[Si](C)(C)C)C2C/C(=N/OC)[C@H]1c1cc(O)ccc12. The lowest BCUT2D eigenvalue weighted by molar-refractivity contribution is -0.163. The highest BCUT2D eigenvalue weighted by molar-refractivity contribution is 6.76. The molecule has 4 atom stereocenters. The number of esters is 2. The molecule has 0 amide bonds. The minimum absolute atomic E-state index is 0.109. The topological polar surface area (TPSA) is 94.4 Å². The molecule has 1 N–H and O–H groups in total. The average molecular weight is 448 g/mol. The van der Waals surface area contributed by atoms with E-state index in [1.54, 1.807) is 12.1 Å². The zero-order chi connectivity index (χ0) is 22.8. The minimum Gasteiger partial charge on any atom is -0.508 e. The molecule has 1 aromatic rings. The van der Waals surface area contributed by atoms with Gasteiger partial charge >= 0.3 is 11.9 Å². The fraction of sp³-hybridized carbons (Fsp3) is 0.609. The summed E-state index contributed by atoms with van der Waals surface area (Å²) < 4.78 is 11.2. The summed E-state index contributed by atoms with van der Waals surface area (Å²) in [6.07, 6.45) is 1.19.